The predicted molar refractivity (Wildman–Crippen MR) is 131 cm³/mol. The number of para-hydroxylation sites is 1. The van der Waals surface area contributed by atoms with E-state index in [2.05, 4.69) is 70.1 Å². The highest BCUT2D eigenvalue weighted by Gasteiger charge is 2.20. The molecule has 0 unspecified atom stereocenters. The van der Waals surface area contributed by atoms with E-state index in [4.69, 9.17) is 4.74 Å². The van der Waals surface area contributed by atoms with E-state index in [0.29, 0.717) is 12.6 Å². The maximum absolute atomic E-state index is 5.96. The third-order valence-corrected chi connectivity index (χ3v) is 5.86. The number of guanidine groups is 1. The Morgan fingerprint density at radius 3 is 2.50 bits per heavy atom. The van der Waals surface area contributed by atoms with Crippen LogP contribution in [0, 0.1) is 13.8 Å². The van der Waals surface area contributed by atoms with Crippen molar-refractivity contribution in [3.8, 4) is 5.75 Å². The summed E-state index contributed by atoms with van der Waals surface area (Å²) >= 11 is 1.82. The summed E-state index contributed by atoms with van der Waals surface area (Å²) in [6.45, 7) is 7.68. The standard InChI is InChI=1S/C21H30N4OS.HI/c1-16-6-4-7-17(2)20(16)26-14-11-23-21(22-3)24-18-9-12-25(13-10-18)19-8-5-15-27-19;/h4-8,15,18H,9-14H2,1-3H3,(H2,22,23,24);1H. The number of hydrogen-bond donors (Lipinski definition) is 2. The minimum Gasteiger partial charge on any atom is -0.491 e. The minimum atomic E-state index is 0. The van der Waals surface area contributed by atoms with Gasteiger partial charge >= 0.3 is 0 Å². The maximum Gasteiger partial charge on any atom is 0.191 e. The normalized spacial score (nSPS) is 15.1. The van der Waals surface area contributed by atoms with Crippen LogP contribution in [0.3, 0.4) is 0 Å². The van der Waals surface area contributed by atoms with Gasteiger partial charge in [-0.15, -0.1) is 35.3 Å². The zero-order valence-electron chi connectivity index (χ0n) is 16.9. The Hall–Kier alpha value is -1.48. The summed E-state index contributed by atoms with van der Waals surface area (Å²) < 4.78 is 5.96. The van der Waals surface area contributed by atoms with E-state index in [1.165, 1.54) is 16.1 Å². The lowest BCUT2D eigenvalue weighted by atomic mass is 10.1. The van der Waals surface area contributed by atoms with Gasteiger partial charge in [0, 0.05) is 26.2 Å². The highest BCUT2D eigenvalue weighted by molar-refractivity contribution is 14.0. The average Bonchev–Trinajstić information content (AvgIpc) is 3.21. The van der Waals surface area contributed by atoms with Gasteiger partial charge in [0.05, 0.1) is 11.5 Å². The number of anilines is 1. The molecule has 1 aliphatic rings. The largest absolute Gasteiger partial charge is 0.491 e. The molecule has 3 rings (SSSR count). The van der Waals surface area contributed by atoms with E-state index in [-0.39, 0.29) is 24.0 Å². The number of hydrogen-bond acceptors (Lipinski definition) is 4. The lowest BCUT2D eigenvalue weighted by Gasteiger charge is -2.33. The molecule has 2 aromatic rings. The Kier molecular flexibility index (Phi) is 9.37. The van der Waals surface area contributed by atoms with Crippen LogP contribution in [0.1, 0.15) is 24.0 Å². The SMILES string of the molecule is CN=C(NCCOc1c(C)cccc1C)NC1CCN(c2cccs2)CC1.I. The van der Waals surface area contributed by atoms with Crippen molar-refractivity contribution in [2.75, 3.05) is 38.2 Å². The van der Waals surface area contributed by atoms with Crippen molar-refractivity contribution in [1.82, 2.24) is 10.6 Å². The maximum atomic E-state index is 5.96. The van der Waals surface area contributed by atoms with Crippen LogP contribution >= 0.6 is 35.3 Å². The molecule has 154 valence electrons. The Balaban J connectivity index is 0.00000280. The van der Waals surface area contributed by atoms with Crippen LogP contribution in [-0.2, 0) is 0 Å². The van der Waals surface area contributed by atoms with Crippen LogP contribution in [0.4, 0.5) is 5.00 Å². The van der Waals surface area contributed by atoms with Gasteiger partial charge in [-0.2, -0.15) is 0 Å². The van der Waals surface area contributed by atoms with E-state index in [1.807, 2.05) is 18.4 Å². The molecule has 0 atom stereocenters. The van der Waals surface area contributed by atoms with E-state index in [9.17, 15) is 0 Å². The Labute approximate surface area is 189 Å². The minimum absolute atomic E-state index is 0. The summed E-state index contributed by atoms with van der Waals surface area (Å²) in [6.07, 6.45) is 2.25. The van der Waals surface area contributed by atoms with Crippen LogP contribution in [0.5, 0.6) is 5.75 Å². The molecule has 7 heteroatoms. The molecule has 0 spiro atoms. The summed E-state index contributed by atoms with van der Waals surface area (Å²) in [4.78, 5) is 6.83. The fraction of sp³-hybridized carbons (Fsp3) is 0.476. The third-order valence-electron chi connectivity index (χ3n) is 4.93. The van der Waals surface area contributed by atoms with E-state index >= 15 is 0 Å². The van der Waals surface area contributed by atoms with Gasteiger partial charge in [0.15, 0.2) is 5.96 Å². The van der Waals surface area contributed by atoms with Gasteiger partial charge < -0.3 is 20.3 Å². The second-order valence-electron chi connectivity index (χ2n) is 6.93. The van der Waals surface area contributed by atoms with Crippen molar-refractivity contribution in [2.24, 2.45) is 4.99 Å². The fourth-order valence-electron chi connectivity index (χ4n) is 3.43. The number of rotatable bonds is 6. The molecule has 0 radical (unpaired) electrons. The van der Waals surface area contributed by atoms with Gasteiger partial charge in [-0.3, -0.25) is 4.99 Å². The molecule has 1 saturated heterocycles. The molecule has 5 nitrogen and oxygen atoms in total. The number of thiophene rings is 1. The molecule has 1 aliphatic heterocycles. The molecule has 28 heavy (non-hydrogen) atoms. The Morgan fingerprint density at radius 2 is 1.89 bits per heavy atom. The van der Waals surface area contributed by atoms with Crippen molar-refractivity contribution in [3.63, 3.8) is 0 Å². The molecule has 1 aromatic carbocycles. The topological polar surface area (TPSA) is 48.9 Å². The molecule has 1 fully saturated rings. The molecule has 0 aliphatic carbocycles. The lowest BCUT2D eigenvalue weighted by molar-refractivity contribution is 0.317. The number of aryl methyl sites for hydroxylation is 2. The first-order valence-electron chi connectivity index (χ1n) is 9.62. The first kappa shape index (κ1) is 22.8. The van der Waals surface area contributed by atoms with E-state index in [0.717, 1.165) is 44.2 Å². The highest BCUT2D eigenvalue weighted by atomic mass is 127. The highest BCUT2D eigenvalue weighted by Crippen LogP contribution is 2.25. The van der Waals surface area contributed by atoms with Crippen LogP contribution in [0.2, 0.25) is 0 Å². The summed E-state index contributed by atoms with van der Waals surface area (Å²) in [5.41, 5.74) is 2.35. The average molecular weight is 514 g/mol. The fourth-order valence-corrected chi connectivity index (χ4v) is 4.22. The molecule has 1 aromatic heterocycles. The van der Waals surface area contributed by atoms with Crippen LogP contribution in [0.25, 0.3) is 0 Å². The molecular weight excluding hydrogens is 483 g/mol. The van der Waals surface area contributed by atoms with Gasteiger partial charge in [-0.25, -0.2) is 0 Å². The molecule has 0 saturated carbocycles. The molecular formula is C21H31IN4OS. The molecule has 2 N–H and O–H groups in total. The smallest absolute Gasteiger partial charge is 0.191 e. The summed E-state index contributed by atoms with van der Waals surface area (Å²) in [5.74, 6) is 1.85. The molecule has 2 heterocycles. The van der Waals surface area contributed by atoms with Gasteiger partial charge in [-0.1, -0.05) is 18.2 Å². The molecule has 0 bridgehead atoms. The van der Waals surface area contributed by atoms with Crippen LogP contribution < -0.4 is 20.3 Å². The van der Waals surface area contributed by atoms with Gasteiger partial charge in [0.1, 0.15) is 12.4 Å². The summed E-state index contributed by atoms with van der Waals surface area (Å²) in [7, 11) is 1.82. The number of halogens is 1. The second kappa shape index (κ2) is 11.5. The van der Waals surface area contributed by atoms with Crippen molar-refractivity contribution >= 4 is 46.3 Å². The zero-order chi connectivity index (χ0) is 19.1. The third kappa shape index (κ3) is 6.27. The van der Waals surface area contributed by atoms with Crippen LogP contribution in [-0.4, -0.2) is 45.3 Å². The van der Waals surface area contributed by atoms with Gasteiger partial charge in [0.25, 0.3) is 0 Å². The zero-order valence-corrected chi connectivity index (χ0v) is 20.1. The van der Waals surface area contributed by atoms with Crippen molar-refractivity contribution < 1.29 is 4.74 Å². The van der Waals surface area contributed by atoms with E-state index in [1.54, 1.807) is 0 Å². The number of benzene rings is 1. The van der Waals surface area contributed by atoms with E-state index < -0.39 is 0 Å². The monoisotopic (exact) mass is 514 g/mol. The first-order chi connectivity index (χ1) is 13.2. The van der Waals surface area contributed by atoms with Crippen molar-refractivity contribution in [2.45, 2.75) is 32.7 Å². The Bertz CT molecular complexity index is 723. The Morgan fingerprint density at radius 1 is 1.18 bits per heavy atom. The number of nitrogens with one attached hydrogen (secondary N) is 2. The van der Waals surface area contributed by atoms with Crippen molar-refractivity contribution in [3.05, 3.63) is 46.8 Å². The first-order valence-corrected chi connectivity index (χ1v) is 10.5. The van der Waals surface area contributed by atoms with Crippen molar-refractivity contribution in [1.29, 1.82) is 0 Å². The van der Waals surface area contributed by atoms with Crippen LogP contribution in [0.15, 0.2) is 40.7 Å². The lowest BCUT2D eigenvalue weighted by Crippen LogP contribution is -2.49. The predicted octanol–water partition coefficient (Wildman–Crippen LogP) is 4.20. The number of ether oxygens (including phenoxy) is 1. The molecule has 0 amide bonds. The quantitative estimate of drug-likeness (QED) is 0.263. The van der Waals surface area contributed by atoms with Gasteiger partial charge in [-0.05, 0) is 55.3 Å². The number of nitrogens with zero attached hydrogens (tertiary/aromatic N) is 2. The number of piperidine rings is 1. The van der Waals surface area contributed by atoms with Gasteiger partial charge in [0.2, 0.25) is 0 Å². The summed E-state index contributed by atoms with van der Waals surface area (Å²) in [5, 5.41) is 10.4. The second-order valence-corrected chi connectivity index (χ2v) is 7.85. The number of aliphatic imine (C=N–C) groups is 1. The summed E-state index contributed by atoms with van der Waals surface area (Å²) in [6, 6.07) is 11.0.